The second-order valence-corrected chi connectivity index (χ2v) is 24.6. The first-order valence-electron chi connectivity index (χ1n) is 30.5. The molecule has 0 fully saturated rings. The number of unbranched alkanes of at least 4 members (excludes halogenated alkanes) is 1. The van der Waals surface area contributed by atoms with E-state index in [-0.39, 0.29) is 12.1 Å². The number of aryl methyl sites for hydroxylation is 1. The van der Waals surface area contributed by atoms with Crippen molar-refractivity contribution in [2.75, 3.05) is 9.80 Å². The Bertz CT molecular complexity index is 5070. The van der Waals surface area contributed by atoms with Gasteiger partial charge in [-0.3, -0.25) is 0 Å². The maximum absolute atomic E-state index is 7.33. The molecule has 12 aromatic carbocycles. The Hall–Kier alpha value is -10.3. The van der Waals surface area contributed by atoms with Gasteiger partial charge in [-0.25, -0.2) is 0 Å². The minimum atomic E-state index is -0.272. The number of benzene rings is 12. The monoisotopic (exact) mass is 1100 g/mol. The molecule has 410 valence electrons. The van der Waals surface area contributed by atoms with Gasteiger partial charge in [0.25, 0.3) is 6.71 Å². The average molecular weight is 1110 g/mol. The highest BCUT2D eigenvalue weighted by Crippen LogP contribution is 2.53. The Morgan fingerprint density at radius 2 is 0.849 bits per heavy atom. The summed E-state index contributed by atoms with van der Waals surface area (Å²) in [7, 11) is 0. The molecular weight excluding hydrogens is 1040 g/mol. The normalized spacial score (nSPS) is 13.0. The lowest BCUT2D eigenvalue weighted by molar-refractivity contribution is 0.590. The predicted molar refractivity (Wildman–Crippen MR) is 365 cm³/mol. The number of nitrogens with zero attached hydrogens (tertiary/aromatic N) is 4. The minimum absolute atomic E-state index is 0.177. The molecule has 2 aliphatic rings. The van der Waals surface area contributed by atoms with E-state index in [0.29, 0.717) is 0 Å². The van der Waals surface area contributed by atoms with E-state index in [1.807, 2.05) is 0 Å². The molecule has 0 aliphatic carbocycles. The molecule has 0 N–H and O–H groups in total. The largest absolute Gasteiger partial charge is 0.454 e. The number of rotatable bonds is 9. The number of hydrogen-bond acceptors (Lipinski definition) is 3. The zero-order chi connectivity index (χ0) is 57.4. The highest BCUT2D eigenvalue weighted by Gasteiger charge is 2.46. The van der Waals surface area contributed by atoms with E-state index in [1.165, 1.54) is 76.8 Å². The molecule has 0 atom stereocenters. The second kappa shape index (κ2) is 19.4. The van der Waals surface area contributed by atoms with Gasteiger partial charge in [-0.05, 0) is 124 Å². The van der Waals surface area contributed by atoms with Crippen LogP contribution in [0.3, 0.4) is 0 Å². The van der Waals surface area contributed by atoms with Crippen LogP contribution in [0, 0.1) is 0 Å². The van der Waals surface area contributed by atoms with Crippen molar-refractivity contribution in [3.05, 3.63) is 272 Å². The molecule has 0 saturated heterocycles. The summed E-state index contributed by atoms with van der Waals surface area (Å²) in [6.07, 6.45) is 3.00. The number of furan rings is 1. The van der Waals surface area contributed by atoms with Gasteiger partial charge in [0.05, 0.1) is 33.4 Å². The van der Waals surface area contributed by atoms with Crippen molar-refractivity contribution < 1.29 is 4.42 Å². The Morgan fingerprint density at radius 1 is 0.395 bits per heavy atom. The molecule has 6 heteroatoms. The lowest BCUT2D eigenvalue weighted by atomic mass is 9.33. The van der Waals surface area contributed by atoms with Crippen LogP contribution >= 0.6 is 0 Å². The van der Waals surface area contributed by atoms with Gasteiger partial charge in [0.15, 0.2) is 5.58 Å². The standard InChI is InChI=1S/C80H61BN4O/c1-5-6-24-53-41-44-64-63-33-17-22-40-75(63)86-79(64)77(53)84-71-49-55(82-67-36-18-13-29-59(67)60-30-14-19-37-68(60)82)42-45-65(71)81-66-46-43-56(83-69-38-20-15-31-61(69)62-32-16-21-39-70(62)83)50-72(66)85(74-48-54(80(2,3)4)47-73(84)76(74)81)78-57(51-25-9-7-10-26-51)34-23-35-58(78)52-27-11-8-12-28-52/h7-23,25-50H,5-6,24H2,1-4H3. The Morgan fingerprint density at radius 3 is 1.34 bits per heavy atom. The summed E-state index contributed by atoms with van der Waals surface area (Å²) in [6.45, 7) is 9.26. The van der Waals surface area contributed by atoms with Gasteiger partial charge in [-0.2, -0.15) is 0 Å². The van der Waals surface area contributed by atoms with Crippen molar-refractivity contribution in [1.82, 2.24) is 9.13 Å². The Kier molecular flexibility index (Phi) is 11.3. The average Bonchev–Trinajstić information content (AvgIpc) is 0.846. The van der Waals surface area contributed by atoms with Crippen molar-refractivity contribution >= 4 is 123 Å². The zero-order valence-corrected chi connectivity index (χ0v) is 48.7. The summed E-state index contributed by atoms with van der Waals surface area (Å²) in [4.78, 5) is 5.33. The maximum atomic E-state index is 7.33. The molecule has 2 aliphatic heterocycles. The fourth-order valence-electron chi connectivity index (χ4n) is 14.7. The number of aromatic nitrogens is 2. The molecule has 0 bridgehead atoms. The second-order valence-electron chi connectivity index (χ2n) is 24.6. The van der Waals surface area contributed by atoms with Crippen molar-refractivity contribution in [3.8, 4) is 33.6 Å². The van der Waals surface area contributed by atoms with Gasteiger partial charge in [-0.1, -0.05) is 228 Å². The van der Waals surface area contributed by atoms with Gasteiger partial charge in [-0.15, -0.1) is 0 Å². The van der Waals surface area contributed by atoms with Crippen molar-refractivity contribution in [2.45, 2.75) is 52.4 Å². The molecule has 3 aromatic heterocycles. The first-order valence-corrected chi connectivity index (χ1v) is 30.5. The molecule has 0 amide bonds. The van der Waals surface area contributed by atoms with Crippen LogP contribution < -0.4 is 26.2 Å². The highest BCUT2D eigenvalue weighted by atomic mass is 16.3. The van der Waals surface area contributed by atoms with Crippen LogP contribution in [0.15, 0.2) is 265 Å². The van der Waals surface area contributed by atoms with Gasteiger partial charge in [0.1, 0.15) is 5.58 Å². The third-order valence-electron chi connectivity index (χ3n) is 18.6. The van der Waals surface area contributed by atoms with E-state index in [1.54, 1.807) is 0 Å². The van der Waals surface area contributed by atoms with Crippen LogP contribution in [0.5, 0.6) is 0 Å². The number of fused-ring (bicyclic) bond motifs is 13. The number of hydrogen-bond donors (Lipinski definition) is 0. The molecule has 0 unspecified atom stereocenters. The van der Waals surface area contributed by atoms with Crippen molar-refractivity contribution in [3.63, 3.8) is 0 Å². The summed E-state index contributed by atoms with van der Waals surface area (Å²) in [6, 6.07) is 97.6. The molecule has 17 rings (SSSR count). The topological polar surface area (TPSA) is 29.5 Å². The summed E-state index contributed by atoms with van der Waals surface area (Å²) in [5.74, 6) is 0. The van der Waals surface area contributed by atoms with E-state index in [9.17, 15) is 0 Å². The molecule has 5 heterocycles. The SMILES string of the molecule is CCCCc1ccc2c(oc3ccccc32)c1N1c2cc(-n3c4ccccc4c4ccccc43)ccc2B2c3ccc(-n4c5ccccc5c5ccccc54)cc3N(c3c(-c4ccccc4)cccc3-c3ccccc3)c3cc(C(C)(C)C)cc1c32. The maximum Gasteiger partial charge on any atom is 0.252 e. The number of para-hydroxylation sites is 6. The van der Waals surface area contributed by atoms with Crippen LogP contribution in [-0.4, -0.2) is 15.8 Å². The minimum Gasteiger partial charge on any atom is -0.454 e. The van der Waals surface area contributed by atoms with Crippen LogP contribution in [0.4, 0.5) is 34.1 Å². The zero-order valence-electron chi connectivity index (χ0n) is 48.7. The molecule has 5 nitrogen and oxygen atoms in total. The summed E-state index contributed by atoms with van der Waals surface area (Å²) >= 11 is 0. The quantitative estimate of drug-likeness (QED) is 0.135. The van der Waals surface area contributed by atoms with E-state index in [2.05, 4.69) is 307 Å². The Balaban J connectivity index is 1.04. The molecule has 15 aromatic rings. The van der Waals surface area contributed by atoms with E-state index < -0.39 is 0 Å². The first-order chi connectivity index (χ1) is 42.3. The van der Waals surface area contributed by atoms with Crippen LogP contribution in [0.1, 0.15) is 51.7 Å². The molecule has 0 saturated carbocycles. The van der Waals surface area contributed by atoms with E-state index in [4.69, 9.17) is 4.42 Å². The van der Waals surface area contributed by atoms with Gasteiger partial charge in [0.2, 0.25) is 0 Å². The van der Waals surface area contributed by atoms with E-state index >= 15 is 0 Å². The fourth-order valence-corrected chi connectivity index (χ4v) is 14.7. The van der Waals surface area contributed by atoms with Crippen LogP contribution in [-0.2, 0) is 11.8 Å². The van der Waals surface area contributed by atoms with Crippen LogP contribution in [0.2, 0.25) is 0 Å². The van der Waals surface area contributed by atoms with Crippen molar-refractivity contribution in [1.29, 1.82) is 0 Å². The summed E-state index contributed by atoms with van der Waals surface area (Å²) < 4.78 is 12.3. The third kappa shape index (κ3) is 7.51. The molecular formula is C80H61BN4O. The molecule has 0 radical (unpaired) electrons. The summed E-state index contributed by atoms with van der Waals surface area (Å²) in [5, 5.41) is 7.19. The predicted octanol–water partition coefficient (Wildman–Crippen LogP) is 19.8. The third-order valence-corrected chi connectivity index (χ3v) is 18.6. The number of anilines is 6. The van der Waals surface area contributed by atoms with Gasteiger partial charge >= 0.3 is 0 Å². The lowest BCUT2D eigenvalue weighted by Gasteiger charge is -2.46. The van der Waals surface area contributed by atoms with Gasteiger partial charge in [0, 0.05) is 77.6 Å². The van der Waals surface area contributed by atoms with Gasteiger partial charge < -0.3 is 23.4 Å². The smallest absolute Gasteiger partial charge is 0.252 e. The van der Waals surface area contributed by atoms with Crippen LogP contribution in [0.25, 0.3) is 99.2 Å². The molecule has 86 heavy (non-hydrogen) atoms. The fraction of sp³-hybridized carbons (Fsp3) is 0.100. The summed E-state index contributed by atoms with van der Waals surface area (Å²) in [5.41, 5.74) is 26.2. The van der Waals surface area contributed by atoms with E-state index in [0.717, 1.165) is 103 Å². The first kappa shape index (κ1) is 50.2. The van der Waals surface area contributed by atoms with Crippen molar-refractivity contribution in [2.24, 2.45) is 0 Å². The highest BCUT2D eigenvalue weighted by molar-refractivity contribution is 7.00. The lowest BCUT2D eigenvalue weighted by Crippen LogP contribution is -2.61. The Labute approximate surface area is 501 Å². The molecule has 0 spiro atoms.